The quantitative estimate of drug-likeness (QED) is 0.807. The van der Waals surface area contributed by atoms with Gasteiger partial charge >= 0.3 is 0 Å². The molecule has 2 rings (SSSR count). The van der Waals surface area contributed by atoms with Crippen molar-refractivity contribution in [2.75, 3.05) is 0 Å². The predicted molar refractivity (Wildman–Crippen MR) is 52.9 cm³/mol. The molecular weight excluding hydrogens is 198 g/mol. The van der Waals surface area contributed by atoms with Crippen LogP contribution in [0.25, 0.3) is 0 Å². The van der Waals surface area contributed by atoms with E-state index in [0.29, 0.717) is 11.4 Å². The lowest BCUT2D eigenvalue weighted by molar-refractivity contribution is 0.210. The van der Waals surface area contributed by atoms with Gasteiger partial charge in [-0.2, -0.15) is 0 Å². The number of nitrogens with zero attached hydrogens (tertiary/aromatic N) is 3. The summed E-state index contributed by atoms with van der Waals surface area (Å²) >= 11 is 1.51. The predicted octanol–water partition coefficient (Wildman–Crippen LogP) is 1.32. The highest BCUT2D eigenvalue weighted by Crippen LogP contribution is 2.20. The number of rotatable bonds is 2. The van der Waals surface area contributed by atoms with Gasteiger partial charge in [-0.15, -0.1) is 11.3 Å². The molecule has 0 aliphatic heterocycles. The highest BCUT2D eigenvalue weighted by Gasteiger charge is 2.14. The lowest BCUT2D eigenvalue weighted by Gasteiger charge is -2.05. The summed E-state index contributed by atoms with van der Waals surface area (Å²) in [5.74, 6) is 0. The molecule has 72 valence electrons. The minimum Gasteiger partial charge on any atom is -0.380 e. The van der Waals surface area contributed by atoms with Crippen LogP contribution < -0.4 is 0 Å². The van der Waals surface area contributed by atoms with Gasteiger partial charge in [-0.3, -0.25) is 9.97 Å². The molecule has 4 nitrogen and oxygen atoms in total. The molecular formula is C9H9N3OS. The first-order valence-electron chi connectivity index (χ1n) is 4.13. The van der Waals surface area contributed by atoms with E-state index in [0.717, 1.165) is 5.01 Å². The van der Waals surface area contributed by atoms with Crippen molar-refractivity contribution in [3.05, 3.63) is 40.4 Å². The van der Waals surface area contributed by atoms with Crippen LogP contribution in [0.2, 0.25) is 0 Å². The monoisotopic (exact) mass is 207 g/mol. The maximum absolute atomic E-state index is 9.85. The normalized spacial score (nSPS) is 12.7. The summed E-state index contributed by atoms with van der Waals surface area (Å²) in [6.07, 6.45) is 3.90. The van der Waals surface area contributed by atoms with Crippen LogP contribution in [-0.4, -0.2) is 20.1 Å². The molecule has 0 saturated carbocycles. The van der Waals surface area contributed by atoms with Crippen molar-refractivity contribution in [2.45, 2.75) is 13.0 Å². The molecule has 0 fully saturated rings. The van der Waals surface area contributed by atoms with E-state index in [4.69, 9.17) is 0 Å². The van der Waals surface area contributed by atoms with E-state index >= 15 is 0 Å². The van der Waals surface area contributed by atoms with Crippen molar-refractivity contribution in [3.8, 4) is 0 Å². The van der Waals surface area contributed by atoms with Gasteiger partial charge in [-0.1, -0.05) is 0 Å². The minimum atomic E-state index is -0.770. The molecule has 1 unspecified atom stereocenters. The zero-order chi connectivity index (χ0) is 9.97. The topological polar surface area (TPSA) is 58.9 Å². The summed E-state index contributed by atoms with van der Waals surface area (Å²) in [4.78, 5) is 12.1. The molecule has 2 aromatic heterocycles. The molecule has 14 heavy (non-hydrogen) atoms. The fraction of sp³-hybridized carbons (Fsp3) is 0.222. The van der Waals surface area contributed by atoms with Gasteiger partial charge < -0.3 is 5.11 Å². The van der Waals surface area contributed by atoms with Crippen LogP contribution in [0, 0.1) is 6.92 Å². The van der Waals surface area contributed by atoms with Crippen LogP contribution in [0.3, 0.4) is 0 Å². The second-order valence-corrected chi connectivity index (χ2v) is 3.89. The van der Waals surface area contributed by atoms with E-state index in [1.54, 1.807) is 18.6 Å². The molecule has 0 aromatic carbocycles. The number of thiazole rings is 1. The Bertz CT molecular complexity index is 415. The summed E-state index contributed by atoms with van der Waals surface area (Å²) < 4.78 is 0. The van der Waals surface area contributed by atoms with Crippen LogP contribution in [-0.2, 0) is 0 Å². The zero-order valence-electron chi connectivity index (χ0n) is 7.58. The Morgan fingerprint density at radius 1 is 1.36 bits per heavy atom. The van der Waals surface area contributed by atoms with E-state index < -0.39 is 6.10 Å². The van der Waals surface area contributed by atoms with E-state index in [1.165, 1.54) is 11.3 Å². The zero-order valence-corrected chi connectivity index (χ0v) is 8.40. The third kappa shape index (κ3) is 1.78. The van der Waals surface area contributed by atoms with Gasteiger partial charge in [-0.25, -0.2) is 4.98 Å². The molecule has 2 aromatic rings. The Kier molecular flexibility index (Phi) is 2.51. The Hall–Kier alpha value is -1.33. The van der Waals surface area contributed by atoms with Crippen LogP contribution in [0.4, 0.5) is 0 Å². The number of aliphatic hydroxyl groups excluding tert-OH is 1. The van der Waals surface area contributed by atoms with Gasteiger partial charge in [0.1, 0.15) is 6.10 Å². The first kappa shape index (κ1) is 9.23. The Labute approximate surface area is 85.3 Å². The second kappa shape index (κ2) is 3.81. The third-order valence-electron chi connectivity index (χ3n) is 1.78. The van der Waals surface area contributed by atoms with Crippen LogP contribution in [0.15, 0.2) is 24.0 Å². The second-order valence-electron chi connectivity index (χ2n) is 2.82. The highest BCUT2D eigenvalue weighted by atomic mass is 32.1. The number of hydrogen-bond donors (Lipinski definition) is 1. The highest BCUT2D eigenvalue weighted by molar-refractivity contribution is 7.09. The van der Waals surface area contributed by atoms with Gasteiger partial charge in [0.05, 0.1) is 22.6 Å². The van der Waals surface area contributed by atoms with Crippen LogP contribution in [0.5, 0.6) is 0 Å². The Balaban J connectivity index is 2.29. The first-order valence-corrected chi connectivity index (χ1v) is 5.01. The smallest absolute Gasteiger partial charge is 0.140 e. The van der Waals surface area contributed by atoms with E-state index in [1.807, 2.05) is 12.3 Å². The molecule has 0 aliphatic rings. The number of aliphatic hydroxyl groups is 1. The average Bonchev–Trinajstić information content (AvgIpc) is 2.65. The molecule has 0 radical (unpaired) electrons. The Morgan fingerprint density at radius 3 is 2.79 bits per heavy atom. The molecule has 2 heterocycles. The first-order chi connectivity index (χ1) is 6.77. The summed E-state index contributed by atoms with van der Waals surface area (Å²) in [7, 11) is 0. The fourth-order valence-electron chi connectivity index (χ4n) is 1.11. The average molecular weight is 207 g/mol. The van der Waals surface area contributed by atoms with Crippen molar-refractivity contribution < 1.29 is 5.11 Å². The molecule has 1 N–H and O–H groups in total. The molecule has 0 spiro atoms. The van der Waals surface area contributed by atoms with Gasteiger partial charge in [0.2, 0.25) is 0 Å². The van der Waals surface area contributed by atoms with Gasteiger partial charge in [0.25, 0.3) is 0 Å². The number of aromatic nitrogens is 3. The SMILES string of the molecule is Cc1nc(C(O)c2cnccn2)cs1. The van der Waals surface area contributed by atoms with Gasteiger partial charge in [0, 0.05) is 17.8 Å². The van der Waals surface area contributed by atoms with Crippen LogP contribution in [0.1, 0.15) is 22.5 Å². The summed E-state index contributed by atoms with van der Waals surface area (Å²) in [6.45, 7) is 1.90. The van der Waals surface area contributed by atoms with Crippen molar-refractivity contribution in [3.63, 3.8) is 0 Å². The number of aryl methyl sites for hydroxylation is 1. The Morgan fingerprint density at radius 2 is 2.21 bits per heavy atom. The van der Waals surface area contributed by atoms with E-state index in [9.17, 15) is 5.11 Å². The van der Waals surface area contributed by atoms with Gasteiger partial charge in [0.15, 0.2) is 0 Å². The molecule has 0 bridgehead atoms. The standard InChI is InChI=1S/C9H9N3OS/c1-6-12-8(5-14-6)9(13)7-4-10-2-3-11-7/h2-5,9,13H,1H3. The molecule has 0 amide bonds. The van der Waals surface area contributed by atoms with Crippen molar-refractivity contribution >= 4 is 11.3 Å². The largest absolute Gasteiger partial charge is 0.380 e. The minimum absolute atomic E-state index is 0.526. The van der Waals surface area contributed by atoms with Crippen molar-refractivity contribution in [2.24, 2.45) is 0 Å². The lowest BCUT2D eigenvalue weighted by Crippen LogP contribution is -2.02. The summed E-state index contributed by atoms with van der Waals surface area (Å²) in [5, 5.41) is 12.6. The maximum Gasteiger partial charge on any atom is 0.140 e. The van der Waals surface area contributed by atoms with E-state index in [2.05, 4.69) is 15.0 Å². The molecule has 1 atom stereocenters. The van der Waals surface area contributed by atoms with Crippen molar-refractivity contribution in [1.29, 1.82) is 0 Å². The summed E-state index contributed by atoms with van der Waals surface area (Å²) in [6, 6.07) is 0. The fourth-order valence-corrected chi connectivity index (χ4v) is 1.74. The van der Waals surface area contributed by atoms with Gasteiger partial charge in [-0.05, 0) is 6.92 Å². The molecule has 0 saturated heterocycles. The number of hydrogen-bond acceptors (Lipinski definition) is 5. The van der Waals surface area contributed by atoms with Crippen molar-refractivity contribution in [1.82, 2.24) is 15.0 Å². The molecule has 0 aliphatic carbocycles. The maximum atomic E-state index is 9.85. The third-order valence-corrected chi connectivity index (χ3v) is 2.57. The van der Waals surface area contributed by atoms with Crippen LogP contribution >= 0.6 is 11.3 Å². The van der Waals surface area contributed by atoms with E-state index in [-0.39, 0.29) is 0 Å². The summed E-state index contributed by atoms with van der Waals surface area (Å²) in [5.41, 5.74) is 1.16. The molecule has 5 heteroatoms. The lowest BCUT2D eigenvalue weighted by atomic mass is 10.2.